The molecule has 1 heterocycles. The molecule has 12 heavy (non-hydrogen) atoms. The van der Waals surface area contributed by atoms with Crippen LogP contribution in [0, 0.1) is 17.8 Å². The molecule has 2 saturated carbocycles. The molecule has 0 aromatic heterocycles. The van der Waals surface area contributed by atoms with Crippen molar-refractivity contribution in [1.82, 2.24) is 0 Å². The van der Waals surface area contributed by atoms with Crippen LogP contribution >= 0.6 is 0 Å². The van der Waals surface area contributed by atoms with Crippen molar-refractivity contribution in [2.75, 3.05) is 0 Å². The molecule has 2 fully saturated rings. The molecule has 0 N–H and O–H groups in total. The summed E-state index contributed by atoms with van der Waals surface area (Å²) < 4.78 is 5.66. The summed E-state index contributed by atoms with van der Waals surface area (Å²) in [5, 5.41) is 0. The van der Waals surface area contributed by atoms with E-state index in [0.717, 1.165) is 17.8 Å². The molecular weight excluding hydrogens is 148 g/mol. The minimum absolute atomic E-state index is 0.588. The van der Waals surface area contributed by atoms with E-state index >= 15 is 0 Å². The Morgan fingerprint density at radius 2 is 2.00 bits per heavy atom. The third kappa shape index (κ3) is 0.917. The smallest absolute Gasteiger partial charge is 0.101 e. The molecule has 3 rings (SSSR count). The Kier molecular flexibility index (Phi) is 1.46. The van der Waals surface area contributed by atoms with E-state index < -0.39 is 0 Å². The zero-order valence-electron chi connectivity index (χ0n) is 7.41. The largest absolute Gasteiger partial charge is 0.498 e. The normalized spacial score (nSPS) is 50.0. The monoisotopic (exact) mass is 164 g/mol. The molecule has 0 bridgehead atoms. The van der Waals surface area contributed by atoms with E-state index in [2.05, 4.69) is 6.08 Å². The first-order valence-electron chi connectivity index (χ1n) is 5.29. The highest BCUT2D eigenvalue weighted by Gasteiger charge is 2.54. The standard InChI is InChI=1S/C11H16O/c1-2-4-8-9-6-7-12-10(5-3-1)11(8)9/h6-11H,1-5H2. The van der Waals surface area contributed by atoms with Gasteiger partial charge in [0.2, 0.25) is 0 Å². The third-order valence-electron chi connectivity index (χ3n) is 3.80. The van der Waals surface area contributed by atoms with Gasteiger partial charge in [-0.15, -0.1) is 0 Å². The van der Waals surface area contributed by atoms with Crippen LogP contribution in [0.5, 0.6) is 0 Å². The van der Waals surface area contributed by atoms with Gasteiger partial charge in [-0.05, 0) is 37.2 Å². The molecule has 1 heteroatoms. The van der Waals surface area contributed by atoms with Crippen LogP contribution in [0.15, 0.2) is 12.3 Å². The average Bonchev–Trinajstić information content (AvgIpc) is 2.73. The predicted molar refractivity (Wildman–Crippen MR) is 47.6 cm³/mol. The van der Waals surface area contributed by atoms with Gasteiger partial charge in [-0.1, -0.05) is 12.8 Å². The molecule has 0 aromatic carbocycles. The number of hydrogen-bond donors (Lipinski definition) is 0. The lowest BCUT2D eigenvalue weighted by Gasteiger charge is -2.20. The molecule has 2 aliphatic carbocycles. The summed E-state index contributed by atoms with van der Waals surface area (Å²) >= 11 is 0. The molecule has 0 aromatic rings. The highest BCUT2D eigenvalue weighted by Crippen LogP contribution is 2.56. The van der Waals surface area contributed by atoms with Crippen molar-refractivity contribution in [3.8, 4) is 0 Å². The van der Waals surface area contributed by atoms with Crippen LogP contribution in [0.4, 0.5) is 0 Å². The Balaban J connectivity index is 1.80. The van der Waals surface area contributed by atoms with E-state index in [-0.39, 0.29) is 0 Å². The zero-order chi connectivity index (χ0) is 7.97. The predicted octanol–water partition coefficient (Wildman–Crippen LogP) is 2.73. The minimum atomic E-state index is 0.588. The summed E-state index contributed by atoms with van der Waals surface area (Å²) in [6, 6.07) is 0. The van der Waals surface area contributed by atoms with E-state index in [9.17, 15) is 0 Å². The SMILES string of the molecule is C1=CC2C3CCCCCC(O1)C23. The Bertz CT molecular complexity index is 209. The summed E-state index contributed by atoms with van der Waals surface area (Å²) in [6.07, 6.45) is 11.9. The number of fused-ring (bicyclic) bond motifs is 1. The first-order valence-corrected chi connectivity index (χ1v) is 5.29. The summed E-state index contributed by atoms with van der Waals surface area (Å²) in [4.78, 5) is 0. The first kappa shape index (κ1) is 6.99. The van der Waals surface area contributed by atoms with Gasteiger partial charge in [0.05, 0.1) is 6.26 Å². The fourth-order valence-corrected chi connectivity index (χ4v) is 3.10. The maximum atomic E-state index is 5.66. The second-order valence-corrected chi connectivity index (χ2v) is 4.46. The molecule has 1 aliphatic heterocycles. The Hall–Kier alpha value is -0.460. The van der Waals surface area contributed by atoms with Gasteiger partial charge in [0.15, 0.2) is 0 Å². The average molecular weight is 164 g/mol. The number of rotatable bonds is 0. The number of hydrogen-bond acceptors (Lipinski definition) is 1. The molecule has 0 amide bonds. The van der Waals surface area contributed by atoms with Crippen molar-refractivity contribution in [3.05, 3.63) is 12.3 Å². The van der Waals surface area contributed by atoms with Crippen molar-refractivity contribution in [2.45, 2.75) is 38.2 Å². The molecule has 4 atom stereocenters. The van der Waals surface area contributed by atoms with Crippen molar-refractivity contribution in [2.24, 2.45) is 17.8 Å². The van der Waals surface area contributed by atoms with Crippen LogP contribution in [-0.2, 0) is 4.74 Å². The van der Waals surface area contributed by atoms with Crippen LogP contribution in [-0.4, -0.2) is 6.10 Å². The van der Waals surface area contributed by atoms with Gasteiger partial charge < -0.3 is 4.74 Å². The van der Waals surface area contributed by atoms with Crippen LogP contribution < -0.4 is 0 Å². The Morgan fingerprint density at radius 3 is 3.00 bits per heavy atom. The lowest BCUT2D eigenvalue weighted by atomic mass is 9.98. The Morgan fingerprint density at radius 1 is 1.08 bits per heavy atom. The summed E-state index contributed by atoms with van der Waals surface area (Å²) in [5.74, 6) is 2.81. The van der Waals surface area contributed by atoms with Crippen LogP contribution in [0.1, 0.15) is 32.1 Å². The lowest BCUT2D eigenvalue weighted by Crippen LogP contribution is -2.17. The lowest BCUT2D eigenvalue weighted by molar-refractivity contribution is 0.0918. The second kappa shape index (κ2) is 2.51. The van der Waals surface area contributed by atoms with Crippen LogP contribution in [0.2, 0.25) is 0 Å². The molecule has 1 nitrogen and oxygen atoms in total. The van der Waals surface area contributed by atoms with Crippen molar-refractivity contribution < 1.29 is 4.74 Å². The van der Waals surface area contributed by atoms with E-state index in [1.807, 2.05) is 6.26 Å². The minimum Gasteiger partial charge on any atom is -0.498 e. The molecule has 4 unspecified atom stereocenters. The van der Waals surface area contributed by atoms with Crippen molar-refractivity contribution in [1.29, 1.82) is 0 Å². The topological polar surface area (TPSA) is 9.23 Å². The van der Waals surface area contributed by atoms with E-state index in [1.54, 1.807) is 0 Å². The number of allylic oxidation sites excluding steroid dienone is 1. The quantitative estimate of drug-likeness (QED) is 0.535. The highest BCUT2D eigenvalue weighted by molar-refractivity contribution is 5.13. The van der Waals surface area contributed by atoms with Gasteiger partial charge in [-0.3, -0.25) is 0 Å². The van der Waals surface area contributed by atoms with E-state index in [1.165, 1.54) is 32.1 Å². The molecule has 3 aliphatic rings. The van der Waals surface area contributed by atoms with Gasteiger partial charge in [-0.2, -0.15) is 0 Å². The third-order valence-corrected chi connectivity index (χ3v) is 3.80. The zero-order valence-corrected chi connectivity index (χ0v) is 7.41. The molecule has 0 radical (unpaired) electrons. The molecular formula is C11H16O. The van der Waals surface area contributed by atoms with Crippen molar-refractivity contribution in [3.63, 3.8) is 0 Å². The summed E-state index contributed by atoms with van der Waals surface area (Å²) in [7, 11) is 0. The van der Waals surface area contributed by atoms with Gasteiger partial charge in [0.25, 0.3) is 0 Å². The van der Waals surface area contributed by atoms with Gasteiger partial charge in [0, 0.05) is 5.92 Å². The van der Waals surface area contributed by atoms with Gasteiger partial charge in [0.1, 0.15) is 6.10 Å². The molecule has 0 saturated heterocycles. The van der Waals surface area contributed by atoms with E-state index in [4.69, 9.17) is 4.74 Å². The Labute approximate surface area is 73.8 Å². The fraction of sp³-hybridized carbons (Fsp3) is 0.818. The van der Waals surface area contributed by atoms with Gasteiger partial charge in [-0.25, -0.2) is 0 Å². The molecule has 66 valence electrons. The van der Waals surface area contributed by atoms with Crippen LogP contribution in [0.3, 0.4) is 0 Å². The summed E-state index contributed by atoms with van der Waals surface area (Å²) in [5.41, 5.74) is 0. The first-order chi connectivity index (χ1) is 5.97. The number of ether oxygens (including phenoxy) is 1. The molecule has 0 spiro atoms. The maximum Gasteiger partial charge on any atom is 0.101 e. The highest BCUT2D eigenvalue weighted by atomic mass is 16.5. The van der Waals surface area contributed by atoms with E-state index in [0.29, 0.717) is 6.10 Å². The van der Waals surface area contributed by atoms with Gasteiger partial charge >= 0.3 is 0 Å². The van der Waals surface area contributed by atoms with Crippen molar-refractivity contribution >= 4 is 0 Å². The maximum absolute atomic E-state index is 5.66. The van der Waals surface area contributed by atoms with Crippen LogP contribution in [0.25, 0.3) is 0 Å². The second-order valence-electron chi connectivity index (χ2n) is 4.46. The fourth-order valence-electron chi connectivity index (χ4n) is 3.10. The summed E-state index contributed by atoms with van der Waals surface area (Å²) in [6.45, 7) is 0.